The molecule has 0 radical (unpaired) electrons. The molecule has 11 nitrogen and oxygen atoms in total. The molecule has 3 aromatic heterocycles. The third-order valence-electron chi connectivity index (χ3n) is 10.0. The van der Waals surface area contributed by atoms with Crippen LogP contribution in [0, 0.1) is 0 Å². The zero-order chi connectivity index (χ0) is 35.7. The summed E-state index contributed by atoms with van der Waals surface area (Å²) in [5.74, 6) is -0.112. The summed E-state index contributed by atoms with van der Waals surface area (Å²) in [4.78, 5) is 32.6. The highest BCUT2D eigenvalue weighted by atomic mass is 16.5. The SMILES string of the molecule is C.CCc1nc2c(cnn2CC)c(NC2CCOCC2)c1CNC(=O)c1ccc(CCCCCCC[C@H](O)c2ccc(O)c3[nH]c(=O)ccc23)cc1. The summed E-state index contributed by atoms with van der Waals surface area (Å²) in [6.07, 6.45) is 10.5. The van der Waals surface area contributed by atoms with E-state index in [4.69, 9.17) is 9.72 Å². The molecule has 1 saturated heterocycles. The molecule has 0 bridgehead atoms. The smallest absolute Gasteiger partial charge is 0.251 e. The molecule has 11 heteroatoms. The van der Waals surface area contributed by atoms with Crippen molar-refractivity contribution in [1.82, 2.24) is 25.1 Å². The van der Waals surface area contributed by atoms with Crippen LogP contribution in [0.2, 0.25) is 0 Å². The van der Waals surface area contributed by atoms with Crippen molar-refractivity contribution >= 4 is 33.5 Å². The molecule has 4 heterocycles. The first-order valence-electron chi connectivity index (χ1n) is 18.5. The quantitative estimate of drug-likeness (QED) is 0.0667. The Morgan fingerprint density at radius 3 is 2.50 bits per heavy atom. The Morgan fingerprint density at radius 1 is 1.00 bits per heavy atom. The third-order valence-corrected chi connectivity index (χ3v) is 10.0. The van der Waals surface area contributed by atoms with Gasteiger partial charge in [-0.25, -0.2) is 9.67 Å². The van der Waals surface area contributed by atoms with Crippen LogP contribution in [-0.2, 0) is 30.7 Å². The molecule has 1 aliphatic heterocycles. The van der Waals surface area contributed by atoms with Gasteiger partial charge < -0.3 is 30.6 Å². The van der Waals surface area contributed by atoms with Crippen LogP contribution in [0.4, 0.5) is 5.69 Å². The maximum Gasteiger partial charge on any atom is 0.251 e. The fraction of sp³-hybridized carbons (Fsp3) is 0.463. The number of unbranched alkanes of at least 4 members (excludes halogenated alkanes) is 4. The molecule has 1 amide bonds. The Morgan fingerprint density at radius 2 is 1.75 bits per heavy atom. The number of benzene rings is 2. The number of aliphatic hydroxyl groups excluding tert-OH is 1. The average Bonchev–Trinajstić information content (AvgIpc) is 3.57. The van der Waals surface area contributed by atoms with Gasteiger partial charge in [0, 0.05) is 60.6 Å². The number of phenolic OH excluding ortho intramolecular Hbond substituents is 1. The lowest BCUT2D eigenvalue weighted by atomic mass is 9.97. The summed E-state index contributed by atoms with van der Waals surface area (Å²) in [7, 11) is 0. The molecule has 1 fully saturated rings. The van der Waals surface area contributed by atoms with Crippen molar-refractivity contribution in [3.63, 3.8) is 0 Å². The lowest BCUT2D eigenvalue weighted by Gasteiger charge is -2.26. The van der Waals surface area contributed by atoms with Gasteiger partial charge in [-0.1, -0.05) is 58.2 Å². The lowest BCUT2D eigenvalue weighted by Crippen LogP contribution is -2.30. The summed E-state index contributed by atoms with van der Waals surface area (Å²) < 4.78 is 7.51. The number of fused-ring (bicyclic) bond motifs is 2. The second kappa shape index (κ2) is 18.1. The molecule has 2 aromatic carbocycles. The topological polar surface area (TPSA) is 154 Å². The number of hydrogen-bond donors (Lipinski definition) is 5. The van der Waals surface area contributed by atoms with E-state index in [-0.39, 0.29) is 24.6 Å². The number of aromatic hydroxyl groups is 1. The van der Waals surface area contributed by atoms with Crippen LogP contribution in [0.3, 0.4) is 0 Å². The number of carbonyl (C=O) groups excluding carboxylic acids is 1. The Kier molecular flexibility index (Phi) is 13.4. The van der Waals surface area contributed by atoms with Crippen LogP contribution in [0.25, 0.3) is 21.9 Å². The van der Waals surface area contributed by atoms with Gasteiger partial charge in [-0.05, 0) is 80.8 Å². The number of amides is 1. The van der Waals surface area contributed by atoms with Gasteiger partial charge in [-0.15, -0.1) is 0 Å². The average molecular weight is 711 g/mol. The van der Waals surface area contributed by atoms with E-state index in [9.17, 15) is 19.8 Å². The Labute approximate surface area is 305 Å². The number of hydrogen-bond acceptors (Lipinski definition) is 8. The number of phenols is 1. The summed E-state index contributed by atoms with van der Waals surface area (Å²) in [6, 6.07) is 14.5. The Hall–Kier alpha value is -4.74. The fourth-order valence-electron chi connectivity index (χ4n) is 7.10. The molecule has 0 saturated carbocycles. The number of carbonyl (C=O) groups is 1. The minimum absolute atomic E-state index is 0. The van der Waals surface area contributed by atoms with Crippen LogP contribution >= 0.6 is 0 Å². The number of nitrogens with one attached hydrogen (secondary N) is 3. The molecule has 1 aliphatic rings. The molecule has 52 heavy (non-hydrogen) atoms. The van der Waals surface area contributed by atoms with E-state index in [1.165, 1.54) is 17.7 Å². The highest BCUT2D eigenvalue weighted by Crippen LogP contribution is 2.32. The van der Waals surface area contributed by atoms with E-state index in [0.29, 0.717) is 41.0 Å². The van der Waals surface area contributed by atoms with E-state index in [0.717, 1.165) is 106 Å². The molecule has 278 valence electrons. The zero-order valence-corrected chi connectivity index (χ0v) is 29.7. The van der Waals surface area contributed by atoms with Crippen molar-refractivity contribution in [2.45, 2.75) is 111 Å². The van der Waals surface area contributed by atoms with Crippen molar-refractivity contribution in [3.05, 3.63) is 93.0 Å². The van der Waals surface area contributed by atoms with Crippen molar-refractivity contribution in [1.29, 1.82) is 0 Å². The van der Waals surface area contributed by atoms with Crippen LogP contribution in [0.15, 0.2) is 59.5 Å². The summed E-state index contributed by atoms with van der Waals surface area (Å²) >= 11 is 0. The number of rotatable bonds is 16. The molecule has 0 unspecified atom stereocenters. The van der Waals surface area contributed by atoms with E-state index in [1.54, 1.807) is 12.1 Å². The van der Waals surface area contributed by atoms with Crippen molar-refractivity contribution < 1.29 is 19.7 Å². The van der Waals surface area contributed by atoms with Crippen LogP contribution in [0.1, 0.15) is 111 Å². The number of aromatic amines is 1. The largest absolute Gasteiger partial charge is 0.506 e. The standard InChI is InChI=1S/C40H50N6O5.CH4/c1-3-33-31(37(43-28-20-22-51-23-21-28)32-25-42-46(4-2)39(32)44-33)24-41-40(50)27-14-12-26(13-15-27)10-8-6-5-7-9-11-34(47)29-16-18-35(48)38-30(29)17-19-36(49)45-38;/h12-19,25,28,34,47-48H,3-11,20-24H2,1-2H3,(H,41,50)(H,43,44)(H,45,49);1H4/t34-;/m0./s1. The molecule has 6 rings (SSSR count). The normalized spacial score (nSPS) is 14.0. The number of anilines is 1. The molecule has 0 aliphatic carbocycles. The second-order valence-corrected chi connectivity index (χ2v) is 13.5. The van der Waals surface area contributed by atoms with Crippen LogP contribution in [-0.4, -0.2) is 55.1 Å². The summed E-state index contributed by atoms with van der Waals surface area (Å²) in [5, 5.41) is 34.1. The Balaban J connectivity index is 0.00000523. The highest BCUT2D eigenvalue weighted by Gasteiger charge is 2.22. The number of aryl methyl sites for hydroxylation is 3. The number of ether oxygens (including phenoxy) is 1. The number of H-pyrrole nitrogens is 1. The number of pyridine rings is 2. The fourth-order valence-corrected chi connectivity index (χ4v) is 7.10. The monoisotopic (exact) mass is 710 g/mol. The molecule has 5 aromatic rings. The van der Waals surface area contributed by atoms with Gasteiger partial charge in [0.25, 0.3) is 5.91 Å². The van der Waals surface area contributed by atoms with Crippen LogP contribution in [0.5, 0.6) is 5.75 Å². The van der Waals surface area contributed by atoms with Gasteiger partial charge in [0.05, 0.1) is 28.9 Å². The van der Waals surface area contributed by atoms with Gasteiger partial charge >= 0.3 is 0 Å². The van der Waals surface area contributed by atoms with Crippen molar-refractivity contribution in [2.75, 3.05) is 18.5 Å². The predicted molar refractivity (Wildman–Crippen MR) is 207 cm³/mol. The van der Waals surface area contributed by atoms with Crippen LogP contribution < -0.4 is 16.2 Å². The predicted octanol–water partition coefficient (Wildman–Crippen LogP) is 7.33. The highest BCUT2D eigenvalue weighted by molar-refractivity contribution is 5.95. The molecular weight excluding hydrogens is 656 g/mol. The zero-order valence-electron chi connectivity index (χ0n) is 29.7. The van der Waals surface area contributed by atoms with E-state index < -0.39 is 6.10 Å². The van der Waals surface area contributed by atoms with E-state index in [2.05, 4.69) is 34.6 Å². The number of nitrogens with zero attached hydrogens (tertiary/aromatic N) is 3. The minimum atomic E-state index is -0.662. The van der Waals surface area contributed by atoms with Crippen molar-refractivity contribution in [2.24, 2.45) is 0 Å². The van der Waals surface area contributed by atoms with Crippen molar-refractivity contribution in [3.8, 4) is 5.75 Å². The number of aromatic nitrogens is 4. The lowest BCUT2D eigenvalue weighted by molar-refractivity contribution is 0.0904. The van der Waals surface area contributed by atoms with Gasteiger partial charge in [0.15, 0.2) is 5.65 Å². The minimum Gasteiger partial charge on any atom is -0.506 e. The third kappa shape index (κ3) is 9.00. The first-order valence-corrected chi connectivity index (χ1v) is 18.5. The molecular formula is C41H54N6O5. The van der Waals surface area contributed by atoms with E-state index in [1.807, 2.05) is 35.1 Å². The first-order chi connectivity index (χ1) is 24.9. The Bertz CT molecular complexity index is 2000. The van der Waals surface area contributed by atoms with Gasteiger partial charge in [0.1, 0.15) is 5.75 Å². The van der Waals surface area contributed by atoms with Gasteiger partial charge in [-0.2, -0.15) is 5.10 Å². The number of aliphatic hydroxyl groups is 1. The summed E-state index contributed by atoms with van der Waals surface area (Å²) in [6.45, 7) is 6.75. The maximum atomic E-state index is 13.3. The second-order valence-electron chi connectivity index (χ2n) is 13.5. The molecule has 5 N–H and O–H groups in total. The van der Waals surface area contributed by atoms with Gasteiger partial charge in [0.2, 0.25) is 5.56 Å². The van der Waals surface area contributed by atoms with E-state index >= 15 is 0 Å². The molecule has 1 atom stereocenters. The maximum absolute atomic E-state index is 13.3. The summed E-state index contributed by atoms with van der Waals surface area (Å²) in [5.41, 5.74) is 6.48. The van der Waals surface area contributed by atoms with Gasteiger partial charge in [-0.3, -0.25) is 9.59 Å². The first kappa shape index (κ1) is 38.5. The molecule has 0 spiro atoms.